The van der Waals surface area contributed by atoms with Crippen LogP contribution in [0.15, 0.2) is 70.5 Å². The highest BCUT2D eigenvalue weighted by Gasteiger charge is 2.29. The van der Waals surface area contributed by atoms with Crippen LogP contribution in [0.25, 0.3) is 10.9 Å². The van der Waals surface area contributed by atoms with Gasteiger partial charge in [0.2, 0.25) is 0 Å². The van der Waals surface area contributed by atoms with E-state index in [1.165, 1.54) is 67.6 Å². The molecule has 0 saturated carbocycles. The first kappa shape index (κ1) is 25.3. The molecule has 0 amide bonds. The molecule has 0 aliphatic rings. The molecule has 0 spiro atoms. The van der Waals surface area contributed by atoms with Crippen molar-refractivity contribution in [2.24, 2.45) is 0 Å². The number of aromatic carboxylic acids is 1. The van der Waals surface area contributed by atoms with E-state index >= 15 is 0 Å². The van der Waals surface area contributed by atoms with Crippen LogP contribution in [0.4, 0.5) is 5.69 Å². The highest BCUT2D eigenvalue weighted by Crippen LogP contribution is 2.37. The van der Waals surface area contributed by atoms with Crippen LogP contribution >= 0.6 is 34.8 Å². The molecule has 0 unspecified atom stereocenters. The van der Waals surface area contributed by atoms with Crippen LogP contribution in [0.1, 0.15) is 16.1 Å². The standard InChI is InChI=1S/C22H15Cl3N2O6S2/c1-12-21(22(28)29)17-10-19(26-34(30,31)15-6-2-13(23)3-7-15)18(25)11-20(17)27(12)35(32,33)16-8-4-14(24)5-9-16/h2-11,26H,1H3,(H,28,29). The SMILES string of the molecule is Cc1c(C(=O)O)c2cc(NS(=O)(=O)c3ccc(Cl)cc3)c(Cl)cc2n1S(=O)(=O)c1ccc(Cl)cc1. The van der Waals surface area contributed by atoms with Crippen LogP contribution < -0.4 is 4.72 Å². The molecule has 2 N–H and O–H groups in total. The number of carbonyl (C=O) groups is 1. The highest BCUT2D eigenvalue weighted by atomic mass is 35.5. The second-order valence-electron chi connectivity index (χ2n) is 7.40. The number of nitrogens with zero attached hydrogens (tertiary/aromatic N) is 1. The van der Waals surface area contributed by atoms with Gasteiger partial charge in [0.15, 0.2) is 0 Å². The number of halogens is 3. The van der Waals surface area contributed by atoms with Gasteiger partial charge >= 0.3 is 5.97 Å². The van der Waals surface area contributed by atoms with Crippen molar-refractivity contribution in [2.75, 3.05) is 4.72 Å². The molecule has 8 nitrogen and oxygen atoms in total. The van der Waals surface area contributed by atoms with E-state index < -0.39 is 26.0 Å². The van der Waals surface area contributed by atoms with Gasteiger partial charge in [-0.3, -0.25) is 4.72 Å². The minimum atomic E-state index is -4.25. The fraction of sp³-hybridized carbons (Fsp3) is 0.0455. The summed E-state index contributed by atoms with van der Waals surface area (Å²) in [6.07, 6.45) is 0. The molecule has 1 aromatic heterocycles. The average molecular weight is 574 g/mol. The molecule has 0 fully saturated rings. The van der Waals surface area contributed by atoms with Crippen molar-refractivity contribution < 1.29 is 26.7 Å². The van der Waals surface area contributed by atoms with E-state index in [2.05, 4.69) is 4.72 Å². The number of rotatable bonds is 6. The Hall–Kier alpha value is -2.76. The van der Waals surface area contributed by atoms with Gasteiger partial charge in [-0.1, -0.05) is 34.8 Å². The fourth-order valence-corrected chi connectivity index (χ4v) is 6.73. The van der Waals surface area contributed by atoms with Crippen molar-refractivity contribution in [3.63, 3.8) is 0 Å². The first-order valence-corrected chi connectivity index (χ1v) is 13.8. The van der Waals surface area contributed by atoms with E-state index in [0.29, 0.717) is 10.0 Å². The van der Waals surface area contributed by atoms with Gasteiger partial charge in [-0.15, -0.1) is 0 Å². The van der Waals surface area contributed by atoms with Gasteiger partial charge in [-0.05, 0) is 67.6 Å². The first-order valence-electron chi connectivity index (χ1n) is 9.70. The molecule has 0 saturated heterocycles. The molecule has 0 aliphatic carbocycles. The molecule has 1 heterocycles. The summed E-state index contributed by atoms with van der Waals surface area (Å²) in [6, 6.07) is 13.1. The number of carboxylic acid groups (broad SMARTS) is 1. The number of hydrogen-bond acceptors (Lipinski definition) is 5. The minimum absolute atomic E-state index is 0.0225. The molecule has 3 aromatic carbocycles. The topological polar surface area (TPSA) is 123 Å². The van der Waals surface area contributed by atoms with Crippen molar-refractivity contribution in [2.45, 2.75) is 16.7 Å². The van der Waals surface area contributed by atoms with Gasteiger partial charge in [-0.25, -0.2) is 25.6 Å². The molecule has 0 radical (unpaired) electrons. The molecule has 182 valence electrons. The van der Waals surface area contributed by atoms with Crippen LogP contribution in [-0.4, -0.2) is 31.9 Å². The summed E-state index contributed by atoms with van der Waals surface area (Å²) < 4.78 is 55.7. The van der Waals surface area contributed by atoms with Crippen molar-refractivity contribution >= 4 is 77.4 Å². The molecule has 0 bridgehead atoms. The monoisotopic (exact) mass is 572 g/mol. The quantitative estimate of drug-likeness (QED) is 0.307. The molecular formula is C22H15Cl3N2O6S2. The molecule has 35 heavy (non-hydrogen) atoms. The van der Waals surface area contributed by atoms with Crippen LogP contribution in [0.2, 0.25) is 15.1 Å². The normalized spacial score (nSPS) is 12.1. The van der Waals surface area contributed by atoms with E-state index in [4.69, 9.17) is 34.8 Å². The first-order chi connectivity index (χ1) is 16.3. The fourth-order valence-electron chi connectivity index (χ4n) is 3.60. The van der Waals surface area contributed by atoms with Crippen molar-refractivity contribution in [1.82, 2.24) is 3.97 Å². The largest absolute Gasteiger partial charge is 0.478 e. The molecule has 13 heteroatoms. The number of fused-ring (bicyclic) bond motifs is 1. The Morgan fingerprint density at radius 3 is 1.89 bits per heavy atom. The average Bonchev–Trinajstić information content (AvgIpc) is 3.05. The maximum Gasteiger partial charge on any atom is 0.338 e. The number of carboxylic acids is 1. The van der Waals surface area contributed by atoms with E-state index in [9.17, 15) is 26.7 Å². The molecule has 4 rings (SSSR count). The maximum atomic E-state index is 13.4. The molecular weight excluding hydrogens is 559 g/mol. The van der Waals surface area contributed by atoms with Crippen LogP contribution in [-0.2, 0) is 20.0 Å². The zero-order valence-electron chi connectivity index (χ0n) is 17.7. The molecule has 0 atom stereocenters. The van der Waals surface area contributed by atoms with Crippen LogP contribution in [0, 0.1) is 6.92 Å². The van der Waals surface area contributed by atoms with Gasteiger partial charge in [0.05, 0.1) is 31.6 Å². The van der Waals surface area contributed by atoms with E-state index in [0.717, 1.165) is 3.97 Å². The smallest absolute Gasteiger partial charge is 0.338 e. The summed E-state index contributed by atoms with van der Waals surface area (Å²) in [5, 5.41) is 10.3. The zero-order valence-corrected chi connectivity index (χ0v) is 21.6. The summed E-state index contributed by atoms with van der Waals surface area (Å²) in [4.78, 5) is 11.9. The number of aromatic nitrogens is 1. The van der Waals surface area contributed by atoms with Gasteiger partial charge in [-0.2, -0.15) is 0 Å². The van der Waals surface area contributed by atoms with Gasteiger partial charge in [0, 0.05) is 21.1 Å². The summed E-state index contributed by atoms with van der Waals surface area (Å²) >= 11 is 18.0. The van der Waals surface area contributed by atoms with Crippen molar-refractivity contribution in [3.8, 4) is 0 Å². The van der Waals surface area contributed by atoms with E-state index in [1.54, 1.807) is 0 Å². The lowest BCUT2D eigenvalue weighted by molar-refractivity contribution is 0.0698. The second-order valence-corrected chi connectivity index (χ2v) is 12.1. The summed E-state index contributed by atoms with van der Waals surface area (Å²) in [5.41, 5.74) is -0.565. The lowest BCUT2D eigenvalue weighted by atomic mass is 10.1. The number of hydrogen-bond donors (Lipinski definition) is 2. The second kappa shape index (κ2) is 9.03. The number of sulfonamides is 1. The Morgan fingerprint density at radius 2 is 1.37 bits per heavy atom. The molecule has 4 aromatic rings. The van der Waals surface area contributed by atoms with E-state index in [-0.39, 0.29) is 42.7 Å². The molecule has 0 aliphatic heterocycles. The lowest BCUT2D eigenvalue weighted by Gasteiger charge is -2.12. The van der Waals surface area contributed by atoms with Crippen molar-refractivity contribution in [1.29, 1.82) is 0 Å². The van der Waals surface area contributed by atoms with Crippen LogP contribution in [0.5, 0.6) is 0 Å². The van der Waals surface area contributed by atoms with Gasteiger partial charge < -0.3 is 5.11 Å². The minimum Gasteiger partial charge on any atom is -0.478 e. The number of benzene rings is 3. The predicted octanol–water partition coefficient (Wildman–Crippen LogP) is 5.65. The summed E-state index contributed by atoms with van der Waals surface area (Å²) in [6.45, 7) is 1.34. The Labute approximate surface area is 215 Å². The number of anilines is 1. The van der Waals surface area contributed by atoms with E-state index in [1.807, 2.05) is 0 Å². The third kappa shape index (κ3) is 4.60. The Kier molecular flexibility index (Phi) is 6.54. The van der Waals surface area contributed by atoms with Crippen LogP contribution in [0.3, 0.4) is 0 Å². The summed E-state index contributed by atoms with van der Waals surface area (Å²) in [5.74, 6) is -1.40. The lowest BCUT2D eigenvalue weighted by Crippen LogP contribution is -2.15. The predicted molar refractivity (Wildman–Crippen MR) is 135 cm³/mol. The third-order valence-corrected chi connectivity index (χ3v) is 9.19. The maximum absolute atomic E-state index is 13.4. The Morgan fingerprint density at radius 1 is 0.857 bits per heavy atom. The van der Waals surface area contributed by atoms with Crippen molar-refractivity contribution in [3.05, 3.63) is 87.0 Å². The summed E-state index contributed by atoms with van der Waals surface area (Å²) in [7, 11) is -8.36. The van der Waals surface area contributed by atoms with Gasteiger partial charge in [0.25, 0.3) is 20.0 Å². The zero-order chi connectivity index (χ0) is 25.7. The Balaban J connectivity index is 1.92. The third-order valence-electron chi connectivity index (χ3n) is 5.17. The highest BCUT2D eigenvalue weighted by molar-refractivity contribution is 7.92. The number of nitrogens with one attached hydrogen (secondary N) is 1. The Bertz CT molecular complexity index is 1700. The van der Waals surface area contributed by atoms with Gasteiger partial charge in [0.1, 0.15) is 0 Å².